The third-order valence-electron chi connectivity index (χ3n) is 2.78. The highest BCUT2D eigenvalue weighted by molar-refractivity contribution is 8.12. The third-order valence-corrected chi connectivity index (χ3v) is 3.21. The molecule has 0 aromatic heterocycles. The van der Waals surface area contributed by atoms with E-state index in [0.29, 0.717) is 6.42 Å². The molecule has 2 atom stereocenters. The molecule has 0 saturated heterocycles. The third kappa shape index (κ3) is 14.1. The lowest BCUT2D eigenvalue weighted by atomic mass is 9.90. The van der Waals surface area contributed by atoms with Crippen LogP contribution in [0.2, 0.25) is 0 Å². The maximum atomic E-state index is 11.2. The van der Waals surface area contributed by atoms with Gasteiger partial charge in [-0.1, -0.05) is 40.2 Å². The van der Waals surface area contributed by atoms with Gasteiger partial charge >= 0.3 is 5.30 Å². The molecule has 0 radical (unpaired) electrons. The lowest BCUT2D eigenvalue weighted by molar-refractivity contribution is -0.109. The Hall–Kier alpha value is -0.810. The summed E-state index contributed by atoms with van der Waals surface area (Å²) in [5.74, 6) is 0.144. The number of carbonyl (C=O) groups excluding carboxylic acids is 2. The van der Waals surface area contributed by atoms with Gasteiger partial charge in [-0.2, -0.15) is 0 Å². The molecule has 0 saturated carbocycles. The van der Waals surface area contributed by atoms with Crippen LogP contribution >= 0.6 is 11.8 Å². The van der Waals surface area contributed by atoms with Crippen LogP contribution in [0.1, 0.15) is 59.8 Å². The van der Waals surface area contributed by atoms with Gasteiger partial charge in [-0.3, -0.25) is 0 Å². The predicted octanol–water partition coefficient (Wildman–Crippen LogP) is 4.82. The second-order valence-corrected chi connectivity index (χ2v) is 4.65. The highest BCUT2D eigenvalue weighted by Gasteiger charge is 2.23. The van der Waals surface area contributed by atoms with Crippen LogP contribution in [0.3, 0.4) is 0 Å². The molecule has 0 spiro atoms. The minimum absolute atomic E-state index is 0.144. The number of thioether (sulfide) groups is 1. The summed E-state index contributed by atoms with van der Waals surface area (Å²) in [6, 6.07) is 0. The van der Waals surface area contributed by atoms with E-state index in [1.165, 1.54) is 7.05 Å². The molecule has 5 heteroatoms. The molecule has 0 aromatic carbocycles. The van der Waals surface area contributed by atoms with Crippen LogP contribution in [0.4, 0.5) is 4.79 Å². The van der Waals surface area contributed by atoms with E-state index < -0.39 is 0 Å². The minimum Gasteiger partial charge on any atom is -0.450 e. The van der Waals surface area contributed by atoms with Crippen LogP contribution in [-0.4, -0.2) is 31.0 Å². The van der Waals surface area contributed by atoms with E-state index in [-0.39, 0.29) is 17.3 Å². The maximum absolute atomic E-state index is 11.2. The maximum Gasteiger partial charge on any atom is 0.367 e. The van der Waals surface area contributed by atoms with Crippen LogP contribution in [-0.2, 0) is 9.53 Å². The molecule has 2 N–H and O–H groups in total. The fourth-order valence-electron chi connectivity index (χ4n) is 1.89. The van der Waals surface area contributed by atoms with Crippen molar-refractivity contribution in [2.75, 3.05) is 13.3 Å². The normalized spacial score (nSPS) is 20.9. The topological polar surface area (TPSA) is 69.4 Å². The summed E-state index contributed by atoms with van der Waals surface area (Å²) >= 11 is 1.07. The first-order valence-electron chi connectivity index (χ1n) is 8.20. The Morgan fingerprint density at radius 1 is 1.27 bits per heavy atom. The second-order valence-electron chi connectivity index (χ2n) is 3.91. The van der Waals surface area contributed by atoms with Crippen molar-refractivity contribution in [1.82, 2.24) is 0 Å². The molecule has 0 bridgehead atoms. The largest absolute Gasteiger partial charge is 0.450 e. The molecule has 0 aromatic rings. The fraction of sp³-hybridized carbons (Fsp3) is 0.765. The molecule has 4 nitrogen and oxygen atoms in total. The summed E-state index contributed by atoms with van der Waals surface area (Å²) in [5, 5.41) is -0.272. The zero-order chi connectivity index (χ0) is 17.8. The van der Waals surface area contributed by atoms with Gasteiger partial charge in [-0.05, 0) is 50.4 Å². The summed E-state index contributed by atoms with van der Waals surface area (Å²) in [6.45, 7) is 8.00. The Balaban J connectivity index is -0.000000535. The van der Waals surface area contributed by atoms with E-state index in [9.17, 15) is 9.59 Å². The number of carbonyl (C=O) groups is 2. The van der Waals surface area contributed by atoms with Crippen LogP contribution in [0.25, 0.3) is 0 Å². The molecule has 22 heavy (non-hydrogen) atoms. The van der Waals surface area contributed by atoms with Gasteiger partial charge in [0.1, 0.15) is 12.4 Å². The van der Waals surface area contributed by atoms with E-state index in [0.717, 1.165) is 43.7 Å². The van der Waals surface area contributed by atoms with Crippen LogP contribution in [0.5, 0.6) is 0 Å². The number of hydrogen-bond donors (Lipinski definition) is 1. The lowest BCUT2D eigenvalue weighted by Crippen LogP contribution is -2.25. The highest BCUT2D eigenvalue weighted by atomic mass is 32.2. The van der Waals surface area contributed by atoms with Gasteiger partial charge in [-0.15, -0.1) is 0 Å². The molecule has 1 rings (SSSR count). The molecule has 1 aliphatic carbocycles. The number of rotatable bonds is 3. The Labute approximate surface area is 141 Å². The molecule has 1 aliphatic rings. The van der Waals surface area contributed by atoms with E-state index in [1.807, 2.05) is 33.8 Å². The average molecular weight is 334 g/mol. The van der Waals surface area contributed by atoms with Crippen molar-refractivity contribution in [2.24, 2.45) is 11.7 Å². The van der Waals surface area contributed by atoms with E-state index in [4.69, 9.17) is 4.74 Å². The Kier molecular flexibility index (Phi) is 26.7. The molecule has 0 amide bonds. The molecule has 132 valence electrons. The Bertz CT molecular complexity index is 271. The van der Waals surface area contributed by atoms with Gasteiger partial charge in [-0.25, -0.2) is 4.79 Å². The van der Waals surface area contributed by atoms with Gasteiger partial charge in [0.25, 0.3) is 0 Å². The summed E-state index contributed by atoms with van der Waals surface area (Å²) in [4.78, 5) is 21.8. The number of nitrogens with two attached hydrogens (primary N) is 1. The zero-order valence-corrected chi connectivity index (χ0v) is 15.9. The number of hydrogen-bond acceptors (Lipinski definition) is 5. The highest BCUT2D eigenvalue weighted by Crippen LogP contribution is 2.24. The molecule has 2 unspecified atom stereocenters. The van der Waals surface area contributed by atoms with Crippen molar-refractivity contribution < 1.29 is 14.3 Å². The van der Waals surface area contributed by atoms with Gasteiger partial charge < -0.3 is 15.3 Å². The number of aldehydes is 1. The second kappa shape index (κ2) is 22.5. The fourth-order valence-corrected chi connectivity index (χ4v) is 2.10. The first-order chi connectivity index (χ1) is 10.8. The van der Waals surface area contributed by atoms with Crippen molar-refractivity contribution in [3.8, 4) is 0 Å². The van der Waals surface area contributed by atoms with Gasteiger partial charge in [0, 0.05) is 12.3 Å². The lowest BCUT2D eigenvalue weighted by Gasteiger charge is -2.24. The van der Waals surface area contributed by atoms with Crippen molar-refractivity contribution in [1.29, 1.82) is 0 Å². The summed E-state index contributed by atoms with van der Waals surface area (Å²) in [7, 11) is 1.50. The number of ether oxygens (including phenoxy) is 1. The summed E-state index contributed by atoms with van der Waals surface area (Å²) in [6.07, 6.45) is 11.1. The van der Waals surface area contributed by atoms with Gasteiger partial charge in [0.15, 0.2) is 0 Å². The van der Waals surface area contributed by atoms with E-state index in [2.05, 4.69) is 11.8 Å². The van der Waals surface area contributed by atoms with Crippen molar-refractivity contribution in [2.45, 2.75) is 65.9 Å². The quantitative estimate of drug-likeness (QED) is 0.455. The SMILES string of the molecule is CC.CC.CN.CSC(=O)OC1/C=C/CCCCC1CC=O. The van der Waals surface area contributed by atoms with Crippen molar-refractivity contribution in [3.63, 3.8) is 0 Å². The monoisotopic (exact) mass is 333 g/mol. The zero-order valence-electron chi connectivity index (χ0n) is 15.1. The Morgan fingerprint density at radius 2 is 1.86 bits per heavy atom. The molecular formula is C17H35NO3S. The smallest absolute Gasteiger partial charge is 0.367 e. The van der Waals surface area contributed by atoms with E-state index in [1.54, 1.807) is 6.26 Å². The molecular weight excluding hydrogens is 298 g/mol. The average Bonchev–Trinajstić information content (AvgIpc) is 2.58. The Morgan fingerprint density at radius 3 is 2.36 bits per heavy atom. The summed E-state index contributed by atoms with van der Waals surface area (Å²) in [5.41, 5.74) is 4.50. The van der Waals surface area contributed by atoms with Crippen LogP contribution in [0, 0.1) is 5.92 Å². The molecule has 0 heterocycles. The first kappa shape index (κ1) is 26.1. The van der Waals surface area contributed by atoms with Crippen LogP contribution in [0.15, 0.2) is 12.2 Å². The number of allylic oxidation sites excluding steroid dienone is 1. The molecule has 0 fully saturated rings. The molecule has 0 aliphatic heterocycles. The van der Waals surface area contributed by atoms with E-state index >= 15 is 0 Å². The van der Waals surface area contributed by atoms with Crippen LogP contribution < -0.4 is 5.73 Å². The van der Waals surface area contributed by atoms with Crippen molar-refractivity contribution in [3.05, 3.63) is 12.2 Å². The summed E-state index contributed by atoms with van der Waals surface area (Å²) < 4.78 is 5.32. The minimum atomic E-state index is -0.272. The van der Waals surface area contributed by atoms with Gasteiger partial charge in [0.05, 0.1) is 0 Å². The van der Waals surface area contributed by atoms with Gasteiger partial charge in [0.2, 0.25) is 0 Å². The predicted molar refractivity (Wildman–Crippen MR) is 98.4 cm³/mol. The van der Waals surface area contributed by atoms with Crippen molar-refractivity contribution >= 4 is 23.3 Å². The first-order valence-corrected chi connectivity index (χ1v) is 9.43. The standard InChI is InChI=1S/C12H18O3S.2C2H6.CH5N/c1-16-12(14)15-11-7-5-3-2-4-6-10(11)8-9-13;3*1-2/h5,7,9-11H,2-4,6,8H2,1H3;2*1-2H3;2H2,1H3/b7-5+;;;.